The average molecular weight is 227 g/mol. The highest BCUT2D eigenvalue weighted by Crippen LogP contribution is 2.23. The molecule has 3 nitrogen and oxygen atoms in total. The van der Waals surface area contributed by atoms with Crippen molar-refractivity contribution >= 4 is 5.91 Å². The third-order valence-corrected chi connectivity index (χ3v) is 3.55. The number of hydrogen-bond acceptors (Lipinski definition) is 2. The van der Waals surface area contributed by atoms with Crippen LogP contribution in [-0.4, -0.2) is 23.7 Å². The molecule has 0 saturated heterocycles. The van der Waals surface area contributed by atoms with Crippen molar-refractivity contribution in [1.82, 2.24) is 5.32 Å². The molecule has 1 fully saturated rings. The van der Waals surface area contributed by atoms with Crippen molar-refractivity contribution in [3.05, 3.63) is 0 Å². The lowest BCUT2D eigenvalue weighted by molar-refractivity contribution is -0.124. The molecule has 94 valence electrons. The Kier molecular flexibility index (Phi) is 5.81. The standard InChI is InChI=1S/C13H25NO2/c1-3-4-10(2)13(16)14-9-11-5-7-12(15)8-6-11/h10-12,15H,3-9H2,1-2H3,(H,14,16). The molecule has 1 amide bonds. The van der Waals surface area contributed by atoms with Crippen LogP contribution in [0.25, 0.3) is 0 Å². The summed E-state index contributed by atoms with van der Waals surface area (Å²) in [4.78, 5) is 11.7. The fourth-order valence-electron chi connectivity index (χ4n) is 2.33. The highest BCUT2D eigenvalue weighted by molar-refractivity contribution is 5.78. The van der Waals surface area contributed by atoms with E-state index in [4.69, 9.17) is 0 Å². The van der Waals surface area contributed by atoms with E-state index in [0.717, 1.165) is 45.1 Å². The zero-order valence-electron chi connectivity index (χ0n) is 10.5. The van der Waals surface area contributed by atoms with Crippen molar-refractivity contribution in [2.75, 3.05) is 6.54 Å². The molecule has 2 N–H and O–H groups in total. The first-order chi connectivity index (χ1) is 7.63. The van der Waals surface area contributed by atoms with Gasteiger partial charge in [0, 0.05) is 12.5 Å². The SMILES string of the molecule is CCCC(C)C(=O)NCC1CCC(O)CC1. The van der Waals surface area contributed by atoms with Gasteiger partial charge in [-0.2, -0.15) is 0 Å². The van der Waals surface area contributed by atoms with Crippen LogP contribution in [0, 0.1) is 11.8 Å². The lowest BCUT2D eigenvalue weighted by Crippen LogP contribution is -2.35. The van der Waals surface area contributed by atoms with Gasteiger partial charge in [-0.25, -0.2) is 0 Å². The maximum atomic E-state index is 11.7. The molecule has 16 heavy (non-hydrogen) atoms. The molecule has 1 atom stereocenters. The molecule has 1 saturated carbocycles. The van der Waals surface area contributed by atoms with E-state index in [1.165, 1.54) is 0 Å². The highest BCUT2D eigenvalue weighted by Gasteiger charge is 2.20. The van der Waals surface area contributed by atoms with Crippen LogP contribution >= 0.6 is 0 Å². The second-order valence-corrected chi connectivity index (χ2v) is 5.11. The van der Waals surface area contributed by atoms with Gasteiger partial charge in [0.25, 0.3) is 0 Å². The van der Waals surface area contributed by atoms with E-state index in [-0.39, 0.29) is 17.9 Å². The fourth-order valence-corrected chi connectivity index (χ4v) is 2.33. The van der Waals surface area contributed by atoms with Crippen LogP contribution < -0.4 is 5.32 Å². The lowest BCUT2D eigenvalue weighted by atomic mass is 9.87. The first-order valence-electron chi connectivity index (χ1n) is 6.59. The Morgan fingerprint density at radius 3 is 2.56 bits per heavy atom. The van der Waals surface area contributed by atoms with Gasteiger partial charge in [0.05, 0.1) is 6.10 Å². The number of aliphatic hydroxyl groups excluding tert-OH is 1. The van der Waals surface area contributed by atoms with Crippen molar-refractivity contribution < 1.29 is 9.90 Å². The zero-order chi connectivity index (χ0) is 12.0. The second-order valence-electron chi connectivity index (χ2n) is 5.11. The van der Waals surface area contributed by atoms with Gasteiger partial charge in [0.1, 0.15) is 0 Å². The molecule has 1 aliphatic rings. The van der Waals surface area contributed by atoms with Crippen molar-refractivity contribution in [3.63, 3.8) is 0 Å². The van der Waals surface area contributed by atoms with Gasteiger partial charge in [-0.05, 0) is 38.0 Å². The van der Waals surface area contributed by atoms with Gasteiger partial charge < -0.3 is 10.4 Å². The van der Waals surface area contributed by atoms with Crippen LogP contribution in [0.4, 0.5) is 0 Å². The monoisotopic (exact) mass is 227 g/mol. The predicted molar refractivity (Wildman–Crippen MR) is 65.0 cm³/mol. The number of rotatable bonds is 5. The largest absolute Gasteiger partial charge is 0.393 e. The molecule has 0 heterocycles. The van der Waals surface area contributed by atoms with Crippen LogP contribution in [0.15, 0.2) is 0 Å². The van der Waals surface area contributed by atoms with Gasteiger partial charge >= 0.3 is 0 Å². The topological polar surface area (TPSA) is 49.3 Å². The van der Waals surface area contributed by atoms with Crippen molar-refractivity contribution in [2.45, 2.75) is 58.5 Å². The summed E-state index contributed by atoms with van der Waals surface area (Å²) < 4.78 is 0. The van der Waals surface area contributed by atoms with Gasteiger partial charge in [0.15, 0.2) is 0 Å². The second kappa shape index (κ2) is 6.89. The minimum atomic E-state index is -0.106. The van der Waals surface area contributed by atoms with Gasteiger partial charge in [-0.3, -0.25) is 4.79 Å². The number of nitrogens with one attached hydrogen (secondary N) is 1. The molecule has 1 unspecified atom stereocenters. The first kappa shape index (κ1) is 13.5. The Hall–Kier alpha value is -0.570. The molecule has 0 aromatic carbocycles. The molecule has 0 radical (unpaired) electrons. The smallest absolute Gasteiger partial charge is 0.222 e. The average Bonchev–Trinajstić information content (AvgIpc) is 2.28. The van der Waals surface area contributed by atoms with E-state index in [2.05, 4.69) is 12.2 Å². The molecule has 1 aliphatic carbocycles. The summed E-state index contributed by atoms with van der Waals surface area (Å²) in [5.41, 5.74) is 0. The van der Waals surface area contributed by atoms with E-state index < -0.39 is 0 Å². The molecule has 0 aromatic rings. The summed E-state index contributed by atoms with van der Waals surface area (Å²) >= 11 is 0. The minimum Gasteiger partial charge on any atom is -0.393 e. The summed E-state index contributed by atoms with van der Waals surface area (Å²) in [5.74, 6) is 0.897. The van der Waals surface area contributed by atoms with Crippen LogP contribution in [0.2, 0.25) is 0 Å². The van der Waals surface area contributed by atoms with Crippen molar-refractivity contribution in [2.24, 2.45) is 11.8 Å². The highest BCUT2D eigenvalue weighted by atomic mass is 16.3. The number of carbonyl (C=O) groups is 1. The van der Waals surface area contributed by atoms with Gasteiger partial charge in [-0.15, -0.1) is 0 Å². The predicted octanol–water partition coefficient (Wildman–Crippen LogP) is 2.09. The Morgan fingerprint density at radius 1 is 1.38 bits per heavy atom. The molecule has 0 spiro atoms. The van der Waals surface area contributed by atoms with Gasteiger partial charge in [0.2, 0.25) is 5.91 Å². The minimum absolute atomic E-state index is 0.106. The summed E-state index contributed by atoms with van der Waals surface area (Å²) in [6, 6.07) is 0. The summed E-state index contributed by atoms with van der Waals surface area (Å²) in [6.07, 6.45) is 5.80. The van der Waals surface area contributed by atoms with E-state index in [1.807, 2.05) is 6.92 Å². The zero-order valence-corrected chi connectivity index (χ0v) is 10.5. The fraction of sp³-hybridized carbons (Fsp3) is 0.923. The molecule has 0 aliphatic heterocycles. The number of carbonyl (C=O) groups excluding carboxylic acids is 1. The van der Waals surface area contributed by atoms with Crippen molar-refractivity contribution in [1.29, 1.82) is 0 Å². The van der Waals surface area contributed by atoms with Crippen LogP contribution in [0.1, 0.15) is 52.4 Å². The number of aliphatic hydroxyl groups is 1. The van der Waals surface area contributed by atoms with Crippen molar-refractivity contribution in [3.8, 4) is 0 Å². The molecule has 3 heteroatoms. The van der Waals surface area contributed by atoms with Crippen LogP contribution in [-0.2, 0) is 4.79 Å². The Bertz CT molecular complexity index is 210. The third kappa shape index (κ3) is 4.52. The van der Waals surface area contributed by atoms with Crippen LogP contribution in [0.5, 0.6) is 0 Å². The Morgan fingerprint density at radius 2 is 2.00 bits per heavy atom. The number of amides is 1. The molecular weight excluding hydrogens is 202 g/mol. The summed E-state index contributed by atoms with van der Waals surface area (Å²) in [7, 11) is 0. The Balaban J connectivity index is 2.16. The first-order valence-corrected chi connectivity index (χ1v) is 6.59. The van der Waals surface area contributed by atoms with Crippen LogP contribution in [0.3, 0.4) is 0 Å². The number of hydrogen-bond donors (Lipinski definition) is 2. The van der Waals surface area contributed by atoms with E-state index >= 15 is 0 Å². The maximum Gasteiger partial charge on any atom is 0.222 e. The van der Waals surface area contributed by atoms with E-state index in [1.54, 1.807) is 0 Å². The van der Waals surface area contributed by atoms with Gasteiger partial charge in [-0.1, -0.05) is 20.3 Å². The molecule has 1 rings (SSSR count). The molecule has 0 bridgehead atoms. The normalized spacial score (nSPS) is 27.4. The lowest BCUT2D eigenvalue weighted by Gasteiger charge is -2.25. The summed E-state index contributed by atoms with van der Waals surface area (Å²) in [6.45, 7) is 4.88. The molecular formula is C13H25NO2. The van der Waals surface area contributed by atoms with E-state index in [0.29, 0.717) is 5.92 Å². The molecule has 0 aromatic heterocycles. The third-order valence-electron chi connectivity index (χ3n) is 3.55. The quantitative estimate of drug-likeness (QED) is 0.755. The van der Waals surface area contributed by atoms with E-state index in [9.17, 15) is 9.90 Å². The Labute approximate surface area is 98.6 Å². The summed E-state index contributed by atoms with van der Waals surface area (Å²) in [5, 5.41) is 12.4. The maximum absolute atomic E-state index is 11.7.